The van der Waals surface area contributed by atoms with E-state index in [9.17, 15) is 0 Å². The average molecular weight is 254 g/mol. The lowest BCUT2D eigenvalue weighted by molar-refractivity contribution is 0.414. The molecule has 0 aromatic heterocycles. The van der Waals surface area contributed by atoms with Gasteiger partial charge in [0.1, 0.15) is 0 Å². The summed E-state index contributed by atoms with van der Waals surface area (Å²) in [5.41, 5.74) is 6.95. The molecule has 0 saturated carbocycles. The van der Waals surface area contributed by atoms with Gasteiger partial charge in [-0.05, 0) is 17.7 Å². The van der Waals surface area contributed by atoms with Crippen LogP contribution in [0, 0.1) is 0 Å². The second-order valence-electron chi connectivity index (χ2n) is 3.38. The molecule has 0 bridgehead atoms. The molecule has 2 N–H and O–H groups in total. The summed E-state index contributed by atoms with van der Waals surface area (Å²) in [6.45, 7) is 0.749. The molecule has 1 aliphatic heterocycles. The fourth-order valence-corrected chi connectivity index (χ4v) is 2.03. The predicted molar refractivity (Wildman–Crippen MR) is 61.1 cm³/mol. The number of hydrogen-bond donors (Lipinski definition) is 1. The van der Waals surface area contributed by atoms with Crippen molar-refractivity contribution in [2.24, 2.45) is 10.7 Å². The molecule has 1 heterocycles. The highest BCUT2D eigenvalue weighted by molar-refractivity contribution is 9.10. The summed E-state index contributed by atoms with van der Waals surface area (Å²) in [5, 5.41) is 0. The van der Waals surface area contributed by atoms with E-state index in [1.54, 1.807) is 0 Å². The third-order valence-corrected chi connectivity index (χ3v) is 2.98. The number of aliphatic imine (C=N–C) groups is 1. The summed E-state index contributed by atoms with van der Waals surface area (Å²) in [6, 6.07) is 8.53. The molecule has 1 atom stereocenters. The molecule has 2 rings (SSSR count). The monoisotopic (exact) mass is 253 g/mol. The van der Waals surface area contributed by atoms with Crippen LogP contribution in [0.25, 0.3) is 0 Å². The van der Waals surface area contributed by atoms with Crippen LogP contribution in [0.2, 0.25) is 0 Å². The topological polar surface area (TPSA) is 41.6 Å². The Hall–Kier alpha value is -1.03. The lowest BCUT2D eigenvalue weighted by Gasteiger charge is -2.21. The van der Waals surface area contributed by atoms with Crippen LogP contribution in [0.1, 0.15) is 11.6 Å². The number of rotatable bonds is 1. The number of benzene rings is 1. The van der Waals surface area contributed by atoms with Gasteiger partial charge in [0, 0.05) is 11.5 Å². The largest absolute Gasteiger partial charge is 0.370 e. The molecule has 1 unspecified atom stereocenters. The molecule has 0 spiro atoms. The SMILES string of the molecule is CN1C(N)=NCC1c1cccc(Br)c1. The van der Waals surface area contributed by atoms with E-state index in [1.165, 1.54) is 5.56 Å². The van der Waals surface area contributed by atoms with E-state index >= 15 is 0 Å². The molecule has 0 saturated heterocycles. The quantitative estimate of drug-likeness (QED) is 0.829. The number of nitrogens with two attached hydrogens (primary N) is 1. The van der Waals surface area contributed by atoms with Gasteiger partial charge in [-0.1, -0.05) is 28.1 Å². The van der Waals surface area contributed by atoms with Crippen molar-refractivity contribution in [3.8, 4) is 0 Å². The smallest absolute Gasteiger partial charge is 0.191 e. The van der Waals surface area contributed by atoms with Crippen LogP contribution in [0.5, 0.6) is 0 Å². The Kier molecular flexibility index (Phi) is 2.46. The van der Waals surface area contributed by atoms with Crippen molar-refractivity contribution in [3.63, 3.8) is 0 Å². The number of likely N-dealkylation sites (N-methyl/N-ethyl adjacent to an activating group) is 1. The first-order chi connectivity index (χ1) is 6.68. The zero-order valence-electron chi connectivity index (χ0n) is 7.94. The van der Waals surface area contributed by atoms with Crippen molar-refractivity contribution in [3.05, 3.63) is 34.3 Å². The zero-order valence-corrected chi connectivity index (χ0v) is 9.53. The maximum absolute atomic E-state index is 5.71. The highest BCUT2D eigenvalue weighted by Gasteiger charge is 2.23. The molecule has 0 radical (unpaired) electrons. The van der Waals surface area contributed by atoms with Crippen molar-refractivity contribution in [1.29, 1.82) is 0 Å². The van der Waals surface area contributed by atoms with Gasteiger partial charge in [0.15, 0.2) is 5.96 Å². The van der Waals surface area contributed by atoms with Crippen LogP contribution in [-0.4, -0.2) is 24.5 Å². The molecule has 3 nitrogen and oxygen atoms in total. The van der Waals surface area contributed by atoms with E-state index in [0.29, 0.717) is 5.96 Å². The molecule has 0 aliphatic carbocycles. The van der Waals surface area contributed by atoms with Crippen LogP contribution in [0.15, 0.2) is 33.7 Å². The molecule has 1 aromatic rings. The molecule has 74 valence electrons. The Balaban J connectivity index is 2.26. The molecular weight excluding hydrogens is 242 g/mol. The predicted octanol–water partition coefficient (Wildman–Crippen LogP) is 1.75. The van der Waals surface area contributed by atoms with E-state index in [-0.39, 0.29) is 6.04 Å². The van der Waals surface area contributed by atoms with E-state index in [0.717, 1.165) is 11.0 Å². The van der Waals surface area contributed by atoms with Gasteiger partial charge in [-0.3, -0.25) is 4.99 Å². The van der Waals surface area contributed by atoms with Crippen LogP contribution >= 0.6 is 15.9 Å². The molecular formula is C10H12BrN3. The average Bonchev–Trinajstić information content (AvgIpc) is 2.48. The minimum absolute atomic E-state index is 0.285. The third kappa shape index (κ3) is 1.62. The van der Waals surface area contributed by atoms with Crippen LogP contribution < -0.4 is 5.73 Å². The van der Waals surface area contributed by atoms with Crippen LogP contribution in [0.3, 0.4) is 0 Å². The summed E-state index contributed by atoms with van der Waals surface area (Å²) < 4.78 is 1.09. The molecule has 4 heteroatoms. The van der Waals surface area contributed by atoms with E-state index in [2.05, 4.69) is 33.1 Å². The summed E-state index contributed by atoms with van der Waals surface area (Å²) >= 11 is 3.46. The maximum atomic E-state index is 5.71. The third-order valence-electron chi connectivity index (χ3n) is 2.49. The molecule has 0 amide bonds. The van der Waals surface area contributed by atoms with Crippen LogP contribution in [-0.2, 0) is 0 Å². The second-order valence-corrected chi connectivity index (χ2v) is 4.30. The lowest BCUT2D eigenvalue weighted by Crippen LogP contribution is -2.32. The molecule has 1 aromatic carbocycles. The Morgan fingerprint density at radius 2 is 2.36 bits per heavy atom. The lowest BCUT2D eigenvalue weighted by atomic mass is 10.1. The van der Waals surface area contributed by atoms with E-state index in [1.807, 2.05) is 24.1 Å². The first kappa shape index (κ1) is 9.52. The van der Waals surface area contributed by atoms with Crippen molar-refractivity contribution >= 4 is 21.9 Å². The Morgan fingerprint density at radius 3 is 2.93 bits per heavy atom. The Labute approximate surface area is 91.7 Å². The summed E-state index contributed by atoms with van der Waals surface area (Å²) in [5.74, 6) is 0.620. The Morgan fingerprint density at radius 1 is 1.57 bits per heavy atom. The zero-order chi connectivity index (χ0) is 10.1. The summed E-state index contributed by atoms with van der Waals surface area (Å²) in [4.78, 5) is 6.21. The van der Waals surface area contributed by atoms with Gasteiger partial charge in [-0.2, -0.15) is 0 Å². The van der Waals surface area contributed by atoms with Gasteiger partial charge < -0.3 is 10.6 Å². The minimum atomic E-state index is 0.285. The van der Waals surface area contributed by atoms with Gasteiger partial charge in [0.2, 0.25) is 0 Å². The van der Waals surface area contributed by atoms with Crippen molar-refractivity contribution < 1.29 is 0 Å². The van der Waals surface area contributed by atoms with Gasteiger partial charge in [0.25, 0.3) is 0 Å². The maximum Gasteiger partial charge on any atom is 0.191 e. The number of nitrogens with zero attached hydrogens (tertiary/aromatic N) is 2. The number of guanidine groups is 1. The normalized spacial score (nSPS) is 21.1. The molecule has 1 aliphatic rings. The Bertz CT molecular complexity index is 375. The van der Waals surface area contributed by atoms with E-state index < -0.39 is 0 Å². The summed E-state index contributed by atoms with van der Waals surface area (Å²) in [7, 11) is 1.97. The highest BCUT2D eigenvalue weighted by Crippen LogP contribution is 2.25. The fourth-order valence-electron chi connectivity index (χ4n) is 1.62. The first-order valence-corrected chi connectivity index (χ1v) is 5.26. The van der Waals surface area contributed by atoms with E-state index in [4.69, 9.17) is 5.73 Å². The minimum Gasteiger partial charge on any atom is -0.370 e. The fraction of sp³-hybridized carbons (Fsp3) is 0.300. The van der Waals surface area contributed by atoms with Gasteiger partial charge in [-0.15, -0.1) is 0 Å². The van der Waals surface area contributed by atoms with Gasteiger partial charge in [-0.25, -0.2) is 0 Å². The summed E-state index contributed by atoms with van der Waals surface area (Å²) in [6.07, 6.45) is 0. The van der Waals surface area contributed by atoms with Crippen molar-refractivity contribution in [2.75, 3.05) is 13.6 Å². The standard InChI is InChI=1S/C10H12BrN3/c1-14-9(6-13-10(14)12)7-3-2-4-8(11)5-7/h2-5,9H,6H2,1H3,(H2,12,13). The van der Waals surface area contributed by atoms with Gasteiger partial charge >= 0.3 is 0 Å². The first-order valence-electron chi connectivity index (χ1n) is 4.46. The van der Waals surface area contributed by atoms with Gasteiger partial charge in [0.05, 0.1) is 12.6 Å². The molecule has 0 fully saturated rings. The van der Waals surface area contributed by atoms with Crippen LogP contribution in [0.4, 0.5) is 0 Å². The number of halogens is 1. The van der Waals surface area contributed by atoms with Crippen molar-refractivity contribution in [2.45, 2.75) is 6.04 Å². The number of hydrogen-bond acceptors (Lipinski definition) is 3. The highest BCUT2D eigenvalue weighted by atomic mass is 79.9. The van der Waals surface area contributed by atoms with Crippen molar-refractivity contribution in [1.82, 2.24) is 4.90 Å². The molecule has 14 heavy (non-hydrogen) atoms. The second kappa shape index (κ2) is 3.61.